The summed E-state index contributed by atoms with van der Waals surface area (Å²) in [5.74, 6) is -2.26. The van der Waals surface area contributed by atoms with Crippen LogP contribution in [0, 0.1) is 0 Å². The van der Waals surface area contributed by atoms with E-state index < -0.39 is 29.9 Å². The molecule has 0 aliphatic heterocycles. The van der Waals surface area contributed by atoms with E-state index in [2.05, 4.69) is 5.32 Å². The maximum atomic E-state index is 10.7. The van der Waals surface area contributed by atoms with Gasteiger partial charge in [-0.15, -0.1) is 0 Å². The normalized spacial score (nSPS) is 13.9. The van der Waals surface area contributed by atoms with Crippen LogP contribution in [0.1, 0.15) is 13.8 Å². The Balaban J connectivity index is 3.99. The van der Waals surface area contributed by atoms with Crippen molar-refractivity contribution < 1.29 is 23.7 Å². The van der Waals surface area contributed by atoms with Gasteiger partial charge >= 0.3 is 5.97 Å². The highest BCUT2D eigenvalue weighted by atomic mass is 32.2. The van der Waals surface area contributed by atoms with E-state index in [4.69, 9.17) is 15.0 Å². The van der Waals surface area contributed by atoms with E-state index in [0.717, 1.165) is 12.0 Å². The number of nitrogens with one attached hydrogen (secondary N) is 1. The molecule has 0 aliphatic rings. The number of nitrogens with two attached hydrogens (primary N) is 1. The Morgan fingerprint density at radius 1 is 1.50 bits per heavy atom. The summed E-state index contributed by atoms with van der Waals surface area (Å²) in [6.07, 6.45) is -0.809. The number of carboxylic acids is 1. The molecule has 0 aromatic carbocycles. The molecule has 0 spiro atoms. The number of carboxylic acid groups (broad SMARTS) is 1. The highest BCUT2D eigenvalue weighted by Gasteiger charge is 2.19. The van der Waals surface area contributed by atoms with Gasteiger partial charge in [-0.05, 0) is 19.0 Å². The Bertz CT molecular complexity index is 284. The molecule has 92 valence electrons. The third kappa shape index (κ3) is 6.25. The van der Waals surface area contributed by atoms with Crippen LogP contribution in [0.4, 0.5) is 0 Å². The van der Waals surface area contributed by atoms with Crippen molar-refractivity contribution in [2.75, 3.05) is 5.75 Å². The lowest BCUT2D eigenvalue weighted by molar-refractivity contribution is -0.140. The van der Waals surface area contributed by atoms with Gasteiger partial charge < -0.3 is 20.3 Å². The van der Waals surface area contributed by atoms with Crippen molar-refractivity contribution >= 4 is 29.8 Å². The van der Waals surface area contributed by atoms with Gasteiger partial charge in [0.25, 0.3) is 0 Å². The second kappa shape index (κ2) is 7.07. The highest BCUT2D eigenvalue weighted by Crippen LogP contribution is 2.09. The third-order valence-corrected chi connectivity index (χ3v) is 2.42. The third-order valence-electron chi connectivity index (χ3n) is 1.52. The van der Waals surface area contributed by atoms with Crippen molar-refractivity contribution in [1.29, 1.82) is 0 Å². The maximum absolute atomic E-state index is 10.7. The van der Waals surface area contributed by atoms with Crippen molar-refractivity contribution in [2.45, 2.75) is 26.0 Å². The first kappa shape index (κ1) is 14.7. The first-order chi connectivity index (χ1) is 7.34. The van der Waals surface area contributed by atoms with Gasteiger partial charge in [-0.1, -0.05) is 0 Å². The minimum Gasteiger partial charge on any atom is -0.480 e. The second-order valence-corrected chi connectivity index (χ2v) is 3.78. The van der Waals surface area contributed by atoms with E-state index in [0.29, 0.717) is 0 Å². The second-order valence-electron chi connectivity index (χ2n) is 3.02. The standard InChI is InChI=1S/C8H14N2O5S/c1-4(7(9)12)15-16-3-6(8(13)14)10-5(2)11/h4,6H,3H2,1-2H3,(H2,9,12)(H,10,11)(H,13,14)/t4?,6-/m0/s1. The molecule has 2 amide bonds. The molecule has 0 heterocycles. The van der Waals surface area contributed by atoms with Crippen molar-refractivity contribution in [2.24, 2.45) is 5.73 Å². The maximum Gasteiger partial charge on any atom is 0.327 e. The number of primary amides is 1. The van der Waals surface area contributed by atoms with E-state index in [1.54, 1.807) is 0 Å². The van der Waals surface area contributed by atoms with Crippen LogP contribution < -0.4 is 11.1 Å². The molecule has 0 aromatic heterocycles. The molecule has 0 saturated heterocycles. The molecule has 8 heteroatoms. The summed E-state index contributed by atoms with van der Waals surface area (Å²) in [5.41, 5.74) is 4.93. The van der Waals surface area contributed by atoms with E-state index >= 15 is 0 Å². The first-order valence-corrected chi connectivity index (χ1v) is 5.33. The largest absolute Gasteiger partial charge is 0.480 e. The summed E-state index contributed by atoms with van der Waals surface area (Å²) in [6.45, 7) is 2.66. The Hall–Kier alpha value is -1.28. The number of carbonyl (C=O) groups is 3. The Labute approximate surface area is 96.9 Å². The van der Waals surface area contributed by atoms with Crippen LogP contribution in [-0.4, -0.2) is 40.8 Å². The lowest BCUT2D eigenvalue weighted by Crippen LogP contribution is -2.41. The van der Waals surface area contributed by atoms with Gasteiger partial charge in [0.15, 0.2) is 0 Å². The zero-order chi connectivity index (χ0) is 12.7. The van der Waals surface area contributed by atoms with Gasteiger partial charge in [0.1, 0.15) is 12.1 Å². The van der Waals surface area contributed by atoms with Crippen LogP contribution in [0.15, 0.2) is 0 Å². The fraction of sp³-hybridized carbons (Fsp3) is 0.625. The number of amides is 2. The predicted molar refractivity (Wildman–Crippen MR) is 57.4 cm³/mol. The summed E-state index contributed by atoms with van der Waals surface area (Å²) in [5, 5.41) is 10.9. The molecule has 0 bridgehead atoms. The molecule has 0 aromatic rings. The van der Waals surface area contributed by atoms with Gasteiger partial charge in [-0.3, -0.25) is 9.59 Å². The SMILES string of the molecule is CC(=O)N[C@@H](CSOC(C)C(N)=O)C(=O)O. The monoisotopic (exact) mass is 250 g/mol. The molecule has 0 saturated carbocycles. The van der Waals surface area contributed by atoms with Crippen molar-refractivity contribution in [3.63, 3.8) is 0 Å². The van der Waals surface area contributed by atoms with Gasteiger partial charge in [-0.2, -0.15) is 0 Å². The molecule has 16 heavy (non-hydrogen) atoms. The zero-order valence-corrected chi connectivity index (χ0v) is 9.74. The topological polar surface area (TPSA) is 119 Å². The van der Waals surface area contributed by atoms with E-state index in [9.17, 15) is 14.4 Å². The van der Waals surface area contributed by atoms with E-state index in [-0.39, 0.29) is 5.75 Å². The smallest absolute Gasteiger partial charge is 0.327 e. The average Bonchev–Trinajstić information content (AvgIpc) is 2.14. The zero-order valence-electron chi connectivity index (χ0n) is 8.93. The lowest BCUT2D eigenvalue weighted by atomic mass is 10.3. The number of hydrogen-bond donors (Lipinski definition) is 3. The van der Waals surface area contributed by atoms with Crippen molar-refractivity contribution in [3.05, 3.63) is 0 Å². The van der Waals surface area contributed by atoms with Crippen LogP contribution in [0.3, 0.4) is 0 Å². The summed E-state index contributed by atoms with van der Waals surface area (Å²) in [6, 6.07) is -1.05. The number of rotatable bonds is 7. The van der Waals surface area contributed by atoms with Gasteiger partial charge in [0.05, 0.1) is 5.75 Å². The van der Waals surface area contributed by atoms with Crippen LogP contribution in [-0.2, 0) is 18.6 Å². The van der Waals surface area contributed by atoms with Gasteiger partial charge in [-0.25, -0.2) is 4.79 Å². The average molecular weight is 250 g/mol. The Morgan fingerprint density at radius 3 is 2.44 bits per heavy atom. The minimum atomic E-state index is -1.17. The molecule has 0 rings (SSSR count). The predicted octanol–water partition coefficient (Wildman–Crippen LogP) is -0.886. The number of hydrogen-bond acceptors (Lipinski definition) is 5. The summed E-state index contributed by atoms with van der Waals surface area (Å²) < 4.78 is 4.89. The molecule has 2 atom stereocenters. The molecule has 7 nitrogen and oxygen atoms in total. The molecule has 4 N–H and O–H groups in total. The molecule has 1 unspecified atom stereocenters. The molecular weight excluding hydrogens is 236 g/mol. The molecule has 0 aliphatic carbocycles. The van der Waals surface area contributed by atoms with Crippen LogP contribution in [0.2, 0.25) is 0 Å². The highest BCUT2D eigenvalue weighted by molar-refractivity contribution is 7.94. The minimum absolute atomic E-state index is 0.00741. The fourth-order valence-electron chi connectivity index (χ4n) is 0.677. The van der Waals surface area contributed by atoms with Crippen molar-refractivity contribution in [1.82, 2.24) is 5.32 Å². The Morgan fingerprint density at radius 2 is 2.06 bits per heavy atom. The van der Waals surface area contributed by atoms with Crippen LogP contribution in [0.25, 0.3) is 0 Å². The lowest BCUT2D eigenvalue weighted by Gasteiger charge is -2.13. The van der Waals surface area contributed by atoms with Crippen LogP contribution >= 0.6 is 12.0 Å². The number of aliphatic carboxylic acids is 1. The van der Waals surface area contributed by atoms with E-state index in [1.807, 2.05) is 0 Å². The van der Waals surface area contributed by atoms with Crippen molar-refractivity contribution in [3.8, 4) is 0 Å². The Kier molecular flexibility index (Phi) is 6.50. The number of carbonyl (C=O) groups excluding carboxylic acids is 2. The fourth-order valence-corrected chi connectivity index (χ4v) is 1.42. The molecule has 0 fully saturated rings. The molecular formula is C8H14N2O5S. The van der Waals surface area contributed by atoms with Crippen LogP contribution in [0.5, 0.6) is 0 Å². The quantitative estimate of drug-likeness (QED) is 0.504. The first-order valence-electron chi connectivity index (χ1n) is 4.42. The van der Waals surface area contributed by atoms with E-state index in [1.165, 1.54) is 13.8 Å². The summed E-state index contributed by atoms with van der Waals surface area (Å²) >= 11 is 0.772. The summed E-state index contributed by atoms with van der Waals surface area (Å²) in [7, 11) is 0. The van der Waals surface area contributed by atoms with Gasteiger partial charge in [0.2, 0.25) is 11.8 Å². The summed E-state index contributed by atoms with van der Waals surface area (Å²) in [4.78, 5) is 31.9. The van der Waals surface area contributed by atoms with Gasteiger partial charge in [0, 0.05) is 6.92 Å². The molecule has 0 radical (unpaired) electrons.